The van der Waals surface area contributed by atoms with Crippen molar-refractivity contribution in [2.24, 2.45) is 10.2 Å². The Kier molecular flexibility index (Phi) is 5.69. The number of nitro groups is 1. The van der Waals surface area contributed by atoms with Crippen molar-refractivity contribution < 1.29 is 10.0 Å². The highest BCUT2D eigenvalue weighted by Crippen LogP contribution is 2.29. The van der Waals surface area contributed by atoms with E-state index >= 15 is 0 Å². The van der Waals surface area contributed by atoms with Crippen molar-refractivity contribution in [2.45, 2.75) is 20.4 Å². The number of benzene rings is 2. The number of nitriles is 1. The van der Waals surface area contributed by atoms with Crippen molar-refractivity contribution in [1.29, 1.82) is 5.26 Å². The number of pyridine rings is 1. The highest BCUT2D eigenvalue weighted by molar-refractivity contribution is 5.57. The molecule has 0 aliphatic rings. The normalized spacial score (nSPS) is 10.8. The predicted octanol–water partition coefficient (Wildman–Crippen LogP) is 4.41. The van der Waals surface area contributed by atoms with Crippen LogP contribution in [0.4, 0.5) is 17.1 Å². The van der Waals surface area contributed by atoms with E-state index in [0.717, 1.165) is 10.1 Å². The van der Waals surface area contributed by atoms with Gasteiger partial charge >= 0.3 is 0 Å². The van der Waals surface area contributed by atoms with Gasteiger partial charge in [-0.2, -0.15) is 10.4 Å². The molecule has 0 fully saturated rings. The molecule has 0 aliphatic carbocycles. The minimum atomic E-state index is -0.627. The fraction of sp³-hybridized carbons (Fsp3) is 0.143. The lowest BCUT2D eigenvalue weighted by Crippen LogP contribution is -2.22. The van der Waals surface area contributed by atoms with Gasteiger partial charge in [-0.15, -0.1) is 5.11 Å². The SMILES string of the molecule is Cc1ccc(N=Nc2c(C)c(C#N)c(O)n(Cc3ccccc3)c2=O)cc1[N+](=O)[O-]. The lowest BCUT2D eigenvalue weighted by Gasteiger charge is -2.13. The number of rotatable bonds is 5. The van der Waals surface area contributed by atoms with E-state index in [0.29, 0.717) is 5.56 Å². The third-order valence-corrected chi connectivity index (χ3v) is 4.61. The maximum absolute atomic E-state index is 13.0. The van der Waals surface area contributed by atoms with E-state index in [1.807, 2.05) is 12.1 Å². The molecule has 0 amide bonds. The molecule has 0 saturated carbocycles. The molecule has 0 saturated heterocycles. The van der Waals surface area contributed by atoms with Gasteiger partial charge in [-0.25, -0.2) is 0 Å². The number of hydrogen-bond acceptors (Lipinski definition) is 7. The number of nitro benzene ring substituents is 1. The summed E-state index contributed by atoms with van der Waals surface area (Å²) in [6, 6.07) is 15.2. The zero-order valence-electron chi connectivity index (χ0n) is 16.2. The van der Waals surface area contributed by atoms with Crippen LogP contribution in [0.3, 0.4) is 0 Å². The molecule has 0 aliphatic heterocycles. The minimum Gasteiger partial charge on any atom is -0.493 e. The summed E-state index contributed by atoms with van der Waals surface area (Å²) in [6.45, 7) is 3.13. The topological polar surface area (TPSA) is 134 Å². The summed E-state index contributed by atoms with van der Waals surface area (Å²) < 4.78 is 1.05. The van der Waals surface area contributed by atoms with Gasteiger partial charge in [0.25, 0.3) is 11.2 Å². The maximum Gasteiger partial charge on any atom is 0.281 e. The van der Waals surface area contributed by atoms with E-state index in [9.17, 15) is 25.3 Å². The van der Waals surface area contributed by atoms with E-state index in [-0.39, 0.29) is 34.7 Å². The van der Waals surface area contributed by atoms with Crippen LogP contribution in [0.1, 0.15) is 22.3 Å². The highest BCUT2D eigenvalue weighted by atomic mass is 16.6. The number of aromatic nitrogens is 1. The van der Waals surface area contributed by atoms with E-state index in [1.165, 1.54) is 25.1 Å². The molecule has 0 radical (unpaired) electrons. The van der Waals surface area contributed by atoms with Gasteiger partial charge < -0.3 is 5.11 Å². The van der Waals surface area contributed by atoms with Gasteiger partial charge in [0.05, 0.1) is 17.2 Å². The second-order valence-corrected chi connectivity index (χ2v) is 6.59. The van der Waals surface area contributed by atoms with Crippen LogP contribution in [0.5, 0.6) is 5.88 Å². The van der Waals surface area contributed by atoms with Gasteiger partial charge in [0, 0.05) is 17.2 Å². The minimum absolute atomic E-state index is 0.0407. The number of hydrogen-bond donors (Lipinski definition) is 1. The van der Waals surface area contributed by atoms with Crippen LogP contribution in [0.25, 0.3) is 0 Å². The third-order valence-electron chi connectivity index (χ3n) is 4.61. The second kappa shape index (κ2) is 8.36. The summed E-state index contributed by atoms with van der Waals surface area (Å²) in [6.07, 6.45) is 0. The number of nitrogens with zero attached hydrogens (tertiary/aromatic N) is 5. The van der Waals surface area contributed by atoms with Crippen molar-refractivity contribution >= 4 is 17.1 Å². The molecule has 0 spiro atoms. The first kappa shape index (κ1) is 20.4. The number of aryl methyl sites for hydroxylation is 1. The van der Waals surface area contributed by atoms with Crippen LogP contribution in [-0.4, -0.2) is 14.6 Å². The monoisotopic (exact) mass is 403 g/mol. The van der Waals surface area contributed by atoms with Crippen LogP contribution in [0, 0.1) is 35.3 Å². The number of aromatic hydroxyl groups is 1. The molecule has 1 aromatic heterocycles. The quantitative estimate of drug-likeness (QED) is 0.382. The van der Waals surface area contributed by atoms with Crippen molar-refractivity contribution in [3.8, 4) is 11.9 Å². The molecular formula is C21H17N5O4. The molecule has 1 N–H and O–H groups in total. The Labute approximate surface area is 171 Å². The fourth-order valence-electron chi connectivity index (χ4n) is 2.93. The van der Waals surface area contributed by atoms with Crippen LogP contribution in [0.2, 0.25) is 0 Å². The third kappa shape index (κ3) is 3.93. The lowest BCUT2D eigenvalue weighted by molar-refractivity contribution is -0.385. The first-order valence-electron chi connectivity index (χ1n) is 8.90. The second-order valence-electron chi connectivity index (χ2n) is 6.59. The zero-order chi connectivity index (χ0) is 21.8. The Balaban J connectivity index is 2.11. The van der Waals surface area contributed by atoms with Gasteiger partial charge in [0.15, 0.2) is 5.69 Å². The molecule has 0 bridgehead atoms. The standard InChI is InChI=1S/C21H17N5O4/c1-13-8-9-16(10-18(13)26(29)30)23-24-19-14(2)17(11-22)20(27)25(21(19)28)12-15-6-4-3-5-7-15/h3-10,27H,12H2,1-2H3. The fourth-order valence-corrected chi connectivity index (χ4v) is 2.93. The summed E-state index contributed by atoms with van der Waals surface area (Å²) in [5.41, 5.74) is 0.627. The van der Waals surface area contributed by atoms with Gasteiger partial charge in [0.2, 0.25) is 5.88 Å². The largest absolute Gasteiger partial charge is 0.493 e. The van der Waals surface area contributed by atoms with Gasteiger partial charge in [-0.05, 0) is 25.5 Å². The van der Waals surface area contributed by atoms with Crippen molar-refractivity contribution in [2.75, 3.05) is 0 Å². The number of azo groups is 1. The Morgan fingerprint density at radius 2 is 1.87 bits per heavy atom. The van der Waals surface area contributed by atoms with E-state index < -0.39 is 16.4 Å². The molecular weight excluding hydrogens is 386 g/mol. The molecule has 30 heavy (non-hydrogen) atoms. The molecule has 2 aromatic carbocycles. The van der Waals surface area contributed by atoms with Gasteiger partial charge in [0.1, 0.15) is 11.6 Å². The molecule has 0 atom stereocenters. The van der Waals surface area contributed by atoms with Crippen LogP contribution in [0.15, 0.2) is 63.6 Å². The summed E-state index contributed by atoms with van der Waals surface area (Å²) in [5, 5.41) is 38.9. The van der Waals surface area contributed by atoms with Crippen LogP contribution < -0.4 is 5.56 Å². The average molecular weight is 403 g/mol. The lowest BCUT2D eigenvalue weighted by atomic mass is 10.1. The smallest absolute Gasteiger partial charge is 0.281 e. The first-order valence-corrected chi connectivity index (χ1v) is 8.90. The Morgan fingerprint density at radius 3 is 2.50 bits per heavy atom. The van der Waals surface area contributed by atoms with Crippen molar-refractivity contribution in [1.82, 2.24) is 4.57 Å². The molecule has 9 heteroatoms. The van der Waals surface area contributed by atoms with Gasteiger partial charge in [-0.3, -0.25) is 19.5 Å². The molecule has 150 valence electrons. The van der Waals surface area contributed by atoms with Crippen molar-refractivity contribution in [3.05, 3.63) is 91.3 Å². The first-order chi connectivity index (χ1) is 14.3. The summed E-state index contributed by atoms with van der Waals surface area (Å²) >= 11 is 0. The molecule has 0 unspecified atom stereocenters. The van der Waals surface area contributed by atoms with Crippen LogP contribution in [-0.2, 0) is 6.54 Å². The molecule has 1 heterocycles. The summed E-state index contributed by atoms with van der Waals surface area (Å²) in [7, 11) is 0. The Bertz CT molecular complexity index is 1260. The Morgan fingerprint density at radius 1 is 1.17 bits per heavy atom. The average Bonchev–Trinajstić information content (AvgIpc) is 2.73. The maximum atomic E-state index is 13.0. The predicted molar refractivity (Wildman–Crippen MR) is 109 cm³/mol. The van der Waals surface area contributed by atoms with Crippen LogP contribution >= 0.6 is 0 Å². The molecule has 3 rings (SSSR count). The van der Waals surface area contributed by atoms with E-state index in [1.54, 1.807) is 31.2 Å². The zero-order valence-corrected chi connectivity index (χ0v) is 16.2. The van der Waals surface area contributed by atoms with Gasteiger partial charge in [-0.1, -0.05) is 36.4 Å². The van der Waals surface area contributed by atoms with E-state index in [2.05, 4.69) is 10.2 Å². The molecule has 3 aromatic rings. The summed E-state index contributed by atoms with van der Waals surface area (Å²) in [4.78, 5) is 23.6. The molecule has 9 nitrogen and oxygen atoms in total. The van der Waals surface area contributed by atoms with E-state index in [4.69, 9.17) is 0 Å². The summed E-state index contributed by atoms with van der Waals surface area (Å²) in [5.74, 6) is -0.450. The highest BCUT2D eigenvalue weighted by Gasteiger charge is 2.19. The Hall–Kier alpha value is -4.32. The van der Waals surface area contributed by atoms with Crippen molar-refractivity contribution in [3.63, 3.8) is 0 Å².